The molecule has 0 saturated carbocycles. The van der Waals surface area contributed by atoms with Crippen LogP contribution >= 0.6 is 12.4 Å². The SMILES string of the molecule is CNCCC(C)C(F)(F)F.Cl. The van der Waals surface area contributed by atoms with E-state index in [0.717, 1.165) is 0 Å². The molecule has 1 unspecified atom stereocenters. The number of rotatable bonds is 3. The van der Waals surface area contributed by atoms with Gasteiger partial charge in [0.1, 0.15) is 0 Å². The zero-order chi connectivity index (χ0) is 8.20. The van der Waals surface area contributed by atoms with Gasteiger partial charge < -0.3 is 5.32 Å². The lowest BCUT2D eigenvalue weighted by atomic mass is 10.1. The highest BCUT2D eigenvalue weighted by atomic mass is 35.5. The van der Waals surface area contributed by atoms with Crippen LogP contribution in [0.1, 0.15) is 13.3 Å². The molecule has 11 heavy (non-hydrogen) atoms. The minimum absolute atomic E-state index is 0. The van der Waals surface area contributed by atoms with Crippen LogP contribution < -0.4 is 5.32 Å². The summed E-state index contributed by atoms with van der Waals surface area (Å²) in [4.78, 5) is 0. The highest BCUT2D eigenvalue weighted by Gasteiger charge is 2.34. The maximum Gasteiger partial charge on any atom is 0.391 e. The fraction of sp³-hybridized carbons (Fsp3) is 1.00. The average Bonchev–Trinajstić information content (AvgIpc) is 1.80. The first-order valence-electron chi connectivity index (χ1n) is 3.19. The Morgan fingerprint density at radius 2 is 1.82 bits per heavy atom. The van der Waals surface area contributed by atoms with Gasteiger partial charge in [-0.3, -0.25) is 0 Å². The second-order valence-corrected chi connectivity index (χ2v) is 2.33. The van der Waals surface area contributed by atoms with Crippen molar-refractivity contribution in [3.8, 4) is 0 Å². The van der Waals surface area contributed by atoms with Crippen molar-refractivity contribution >= 4 is 12.4 Å². The standard InChI is InChI=1S/C6H12F3N.ClH/c1-5(3-4-10-2)6(7,8)9;/h5,10H,3-4H2,1-2H3;1H. The summed E-state index contributed by atoms with van der Waals surface area (Å²) in [6.07, 6.45) is -3.88. The Hall–Kier alpha value is 0.0400. The third-order valence-corrected chi connectivity index (χ3v) is 1.39. The molecular formula is C6H13ClF3N. The van der Waals surface area contributed by atoms with Gasteiger partial charge in [-0.05, 0) is 20.0 Å². The number of alkyl halides is 3. The Morgan fingerprint density at radius 1 is 1.36 bits per heavy atom. The van der Waals surface area contributed by atoms with Gasteiger partial charge in [0.15, 0.2) is 0 Å². The van der Waals surface area contributed by atoms with Crippen molar-refractivity contribution in [2.75, 3.05) is 13.6 Å². The molecule has 0 rings (SSSR count). The van der Waals surface area contributed by atoms with E-state index in [9.17, 15) is 13.2 Å². The smallest absolute Gasteiger partial charge is 0.320 e. The van der Waals surface area contributed by atoms with Crippen molar-refractivity contribution in [1.29, 1.82) is 0 Å². The summed E-state index contributed by atoms with van der Waals surface area (Å²) in [6.45, 7) is 1.61. The van der Waals surface area contributed by atoms with E-state index in [1.807, 2.05) is 0 Å². The number of hydrogen-bond acceptors (Lipinski definition) is 1. The monoisotopic (exact) mass is 191 g/mol. The molecule has 0 radical (unpaired) electrons. The first kappa shape index (κ1) is 13.6. The fourth-order valence-electron chi connectivity index (χ4n) is 0.525. The van der Waals surface area contributed by atoms with Crippen molar-refractivity contribution in [2.24, 2.45) is 5.92 Å². The molecule has 1 atom stereocenters. The molecule has 0 aromatic heterocycles. The van der Waals surface area contributed by atoms with E-state index in [0.29, 0.717) is 6.54 Å². The summed E-state index contributed by atoms with van der Waals surface area (Å²) in [7, 11) is 1.64. The van der Waals surface area contributed by atoms with Gasteiger partial charge in [0.2, 0.25) is 0 Å². The third kappa shape index (κ3) is 6.44. The van der Waals surface area contributed by atoms with E-state index in [4.69, 9.17) is 0 Å². The van der Waals surface area contributed by atoms with Crippen LogP contribution in [-0.4, -0.2) is 19.8 Å². The van der Waals surface area contributed by atoms with E-state index in [2.05, 4.69) is 5.32 Å². The predicted octanol–water partition coefficient (Wildman–Crippen LogP) is 2.22. The molecule has 0 spiro atoms. The van der Waals surface area contributed by atoms with Gasteiger partial charge in [-0.1, -0.05) is 6.92 Å². The maximum absolute atomic E-state index is 11.7. The third-order valence-electron chi connectivity index (χ3n) is 1.39. The fourth-order valence-corrected chi connectivity index (χ4v) is 0.525. The summed E-state index contributed by atoms with van der Waals surface area (Å²) < 4.78 is 35.2. The lowest BCUT2D eigenvalue weighted by Gasteiger charge is -2.14. The van der Waals surface area contributed by atoms with Crippen molar-refractivity contribution in [1.82, 2.24) is 5.32 Å². The van der Waals surface area contributed by atoms with Gasteiger partial charge in [0, 0.05) is 0 Å². The zero-order valence-corrected chi connectivity index (χ0v) is 7.35. The lowest BCUT2D eigenvalue weighted by molar-refractivity contribution is -0.170. The van der Waals surface area contributed by atoms with Crippen molar-refractivity contribution < 1.29 is 13.2 Å². The predicted molar refractivity (Wildman–Crippen MR) is 41.0 cm³/mol. The van der Waals surface area contributed by atoms with Crippen LogP contribution in [0.5, 0.6) is 0 Å². The summed E-state index contributed by atoms with van der Waals surface area (Å²) in [5.41, 5.74) is 0. The Labute approximate surface area is 70.8 Å². The quantitative estimate of drug-likeness (QED) is 0.722. The molecular weight excluding hydrogens is 179 g/mol. The normalized spacial score (nSPS) is 13.9. The van der Waals surface area contributed by atoms with Crippen LogP contribution in [0.4, 0.5) is 13.2 Å². The summed E-state index contributed by atoms with van der Waals surface area (Å²) in [5, 5.41) is 2.67. The first-order valence-corrected chi connectivity index (χ1v) is 3.19. The van der Waals surface area contributed by atoms with Crippen molar-refractivity contribution in [3.05, 3.63) is 0 Å². The Bertz CT molecular complexity index is 94.3. The summed E-state index contributed by atoms with van der Waals surface area (Å²) >= 11 is 0. The van der Waals surface area contributed by atoms with E-state index in [-0.39, 0.29) is 18.8 Å². The van der Waals surface area contributed by atoms with Gasteiger partial charge in [0.05, 0.1) is 5.92 Å². The molecule has 0 amide bonds. The topological polar surface area (TPSA) is 12.0 Å². The summed E-state index contributed by atoms with van der Waals surface area (Å²) in [6, 6.07) is 0. The van der Waals surface area contributed by atoms with Gasteiger partial charge in [-0.2, -0.15) is 13.2 Å². The molecule has 0 aromatic carbocycles. The first-order chi connectivity index (χ1) is 4.48. The van der Waals surface area contributed by atoms with E-state index in [1.165, 1.54) is 6.92 Å². The molecule has 0 aromatic rings. The number of nitrogens with one attached hydrogen (secondary N) is 1. The molecule has 5 heteroatoms. The molecule has 0 aliphatic heterocycles. The second-order valence-electron chi connectivity index (χ2n) is 2.33. The minimum atomic E-state index is -4.03. The molecule has 0 aliphatic carbocycles. The highest BCUT2D eigenvalue weighted by Crippen LogP contribution is 2.27. The Balaban J connectivity index is 0. The highest BCUT2D eigenvalue weighted by molar-refractivity contribution is 5.85. The van der Waals surface area contributed by atoms with Crippen LogP contribution in [0.2, 0.25) is 0 Å². The van der Waals surface area contributed by atoms with Gasteiger partial charge in [-0.25, -0.2) is 0 Å². The molecule has 0 aliphatic rings. The van der Waals surface area contributed by atoms with Crippen LogP contribution in [0, 0.1) is 5.92 Å². The molecule has 0 heterocycles. The molecule has 1 nitrogen and oxygen atoms in total. The van der Waals surface area contributed by atoms with Crippen molar-refractivity contribution in [2.45, 2.75) is 19.5 Å². The van der Waals surface area contributed by atoms with E-state index >= 15 is 0 Å². The molecule has 70 valence electrons. The van der Waals surface area contributed by atoms with Crippen LogP contribution in [0.15, 0.2) is 0 Å². The van der Waals surface area contributed by atoms with Gasteiger partial charge >= 0.3 is 6.18 Å². The van der Waals surface area contributed by atoms with Crippen LogP contribution in [0.25, 0.3) is 0 Å². The molecule has 0 saturated heterocycles. The second kappa shape index (κ2) is 5.66. The van der Waals surface area contributed by atoms with Gasteiger partial charge in [0.25, 0.3) is 0 Å². The molecule has 0 fully saturated rings. The maximum atomic E-state index is 11.7. The van der Waals surface area contributed by atoms with Crippen molar-refractivity contribution in [3.63, 3.8) is 0 Å². The summed E-state index contributed by atoms with van der Waals surface area (Å²) in [5.74, 6) is -1.19. The Kier molecular flexibility index (Phi) is 7.01. The average molecular weight is 192 g/mol. The Morgan fingerprint density at radius 3 is 2.09 bits per heavy atom. The van der Waals surface area contributed by atoms with E-state index in [1.54, 1.807) is 7.05 Å². The largest absolute Gasteiger partial charge is 0.391 e. The number of hydrogen-bond donors (Lipinski definition) is 1. The van der Waals surface area contributed by atoms with Crippen LogP contribution in [0.3, 0.4) is 0 Å². The zero-order valence-electron chi connectivity index (χ0n) is 6.53. The molecule has 0 bridgehead atoms. The van der Waals surface area contributed by atoms with E-state index < -0.39 is 12.1 Å². The molecule has 1 N–H and O–H groups in total. The lowest BCUT2D eigenvalue weighted by Crippen LogP contribution is -2.23. The minimum Gasteiger partial charge on any atom is -0.320 e. The number of halogens is 4. The van der Waals surface area contributed by atoms with Gasteiger partial charge in [-0.15, -0.1) is 12.4 Å². The van der Waals surface area contributed by atoms with Crippen LogP contribution in [-0.2, 0) is 0 Å².